The highest BCUT2D eigenvalue weighted by molar-refractivity contribution is 5.17. The summed E-state index contributed by atoms with van der Waals surface area (Å²) in [6.07, 6.45) is 4.07. The van der Waals surface area contributed by atoms with E-state index in [1.165, 1.54) is 19.3 Å². The highest BCUT2D eigenvalue weighted by Gasteiger charge is 2.67. The molecule has 2 saturated carbocycles. The Hall–Kier alpha value is -0.0400. The van der Waals surface area contributed by atoms with E-state index < -0.39 is 0 Å². The molecule has 2 rings (SSSR count). The van der Waals surface area contributed by atoms with Gasteiger partial charge in [-0.15, -0.1) is 0 Å². The summed E-state index contributed by atoms with van der Waals surface area (Å²) < 4.78 is 5.63. The fourth-order valence-corrected chi connectivity index (χ4v) is 3.25. The molecular weight excluding hydrogens is 148 g/mol. The van der Waals surface area contributed by atoms with E-state index in [0.29, 0.717) is 5.41 Å². The lowest BCUT2D eigenvalue weighted by Gasteiger charge is -2.23. The van der Waals surface area contributed by atoms with E-state index >= 15 is 0 Å². The predicted molar refractivity (Wildman–Crippen MR) is 50.0 cm³/mol. The molecule has 0 aromatic heterocycles. The first-order valence-corrected chi connectivity index (χ1v) is 5.10. The predicted octanol–water partition coefficient (Wildman–Crippen LogP) is 2.85. The van der Waals surface area contributed by atoms with Gasteiger partial charge in [0.25, 0.3) is 0 Å². The summed E-state index contributed by atoms with van der Waals surface area (Å²) in [5, 5.41) is 0. The molecule has 2 aliphatic rings. The number of hydrogen-bond donors (Lipinski definition) is 0. The molecule has 0 N–H and O–H groups in total. The van der Waals surface area contributed by atoms with Crippen LogP contribution >= 0.6 is 0 Å². The lowest BCUT2D eigenvalue weighted by atomic mass is 9.90. The average Bonchev–Trinajstić information content (AvgIpc) is 2.72. The second-order valence-corrected chi connectivity index (χ2v) is 5.16. The number of fused-ring (bicyclic) bond motifs is 1. The Morgan fingerprint density at radius 1 is 1.33 bits per heavy atom. The smallest absolute Gasteiger partial charge is 0.0684 e. The van der Waals surface area contributed by atoms with Crippen molar-refractivity contribution in [2.75, 3.05) is 7.11 Å². The lowest BCUT2D eigenvalue weighted by Crippen LogP contribution is -2.27. The fourth-order valence-electron chi connectivity index (χ4n) is 3.25. The van der Waals surface area contributed by atoms with Gasteiger partial charge >= 0.3 is 0 Å². The van der Waals surface area contributed by atoms with Gasteiger partial charge in [0.1, 0.15) is 0 Å². The maximum atomic E-state index is 5.63. The van der Waals surface area contributed by atoms with Crippen molar-refractivity contribution in [2.45, 2.75) is 45.6 Å². The zero-order chi connectivity index (χ0) is 8.98. The highest BCUT2D eigenvalue weighted by Crippen LogP contribution is 2.71. The summed E-state index contributed by atoms with van der Waals surface area (Å²) in [5.74, 6) is 1.70. The van der Waals surface area contributed by atoms with Gasteiger partial charge in [-0.3, -0.25) is 0 Å². The molecule has 1 nitrogen and oxygen atoms in total. The average molecular weight is 168 g/mol. The minimum atomic E-state index is 0.213. The van der Waals surface area contributed by atoms with Crippen molar-refractivity contribution in [1.82, 2.24) is 0 Å². The van der Waals surface area contributed by atoms with E-state index in [1.54, 1.807) is 0 Å². The first kappa shape index (κ1) is 8.55. The largest absolute Gasteiger partial charge is 0.378 e. The summed E-state index contributed by atoms with van der Waals surface area (Å²) in [5.41, 5.74) is 0.884. The number of ether oxygens (including phenoxy) is 1. The van der Waals surface area contributed by atoms with E-state index in [1.807, 2.05) is 7.11 Å². The van der Waals surface area contributed by atoms with Crippen LogP contribution in [0.3, 0.4) is 0 Å². The molecule has 2 fully saturated rings. The van der Waals surface area contributed by atoms with Gasteiger partial charge in [-0.2, -0.15) is 0 Å². The maximum Gasteiger partial charge on any atom is 0.0684 e. The summed E-state index contributed by atoms with van der Waals surface area (Å²) in [6.45, 7) is 7.01. The van der Waals surface area contributed by atoms with E-state index in [2.05, 4.69) is 20.8 Å². The van der Waals surface area contributed by atoms with E-state index in [9.17, 15) is 0 Å². The SMILES string of the molecule is CO[C@]1(C)CC[C@]2(C(C)C)C[C@@H]21. The monoisotopic (exact) mass is 168 g/mol. The summed E-state index contributed by atoms with van der Waals surface area (Å²) >= 11 is 0. The number of hydrogen-bond acceptors (Lipinski definition) is 1. The lowest BCUT2D eigenvalue weighted by molar-refractivity contribution is -0.00818. The van der Waals surface area contributed by atoms with Gasteiger partial charge in [-0.1, -0.05) is 13.8 Å². The third-order valence-electron chi connectivity index (χ3n) is 4.56. The Bertz CT molecular complexity index is 199. The standard InChI is InChI=1S/C11H20O/c1-8(2)11-6-5-10(3,12-4)9(11)7-11/h8-9H,5-7H2,1-4H3/t9-,10-,11-/m1/s1. The second kappa shape index (κ2) is 2.25. The molecule has 0 aliphatic heterocycles. The van der Waals surface area contributed by atoms with Crippen LogP contribution in [0.25, 0.3) is 0 Å². The zero-order valence-electron chi connectivity index (χ0n) is 8.68. The molecule has 0 heterocycles. The molecule has 3 atom stereocenters. The van der Waals surface area contributed by atoms with Crippen molar-refractivity contribution >= 4 is 0 Å². The van der Waals surface area contributed by atoms with Gasteiger partial charge in [0.2, 0.25) is 0 Å². The van der Waals surface area contributed by atoms with Crippen molar-refractivity contribution in [1.29, 1.82) is 0 Å². The molecule has 0 bridgehead atoms. The van der Waals surface area contributed by atoms with Crippen molar-refractivity contribution in [3.8, 4) is 0 Å². The Morgan fingerprint density at radius 3 is 2.25 bits per heavy atom. The summed E-state index contributed by atoms with van der Waals surface area (Å²) in [6, 6.07) is 0. The molecule has 0 aromatic rings. The molecule has 1 heteroatoms. The second-order valence-electron chi connectivity index (χ2n) is 5.16. The van der Waals surface area contributed by atoms with Gasteiger partial charge in [0.15, 0.2) is 0 Å². The van der Waals surface area contributed by atoms with E-state index in [0.717, 1.165) is 11.8 Å². The van der Waals surface area contributed by atoms with Crippen LogP contribution in [0.4, 0.5) is 0 Å². The third kappa shape index (κ3) is 0.834. The van der Waals surface area contributed by atoms with Crippen molar-refractivity contribution < 1.29 is 4.74 Å². The Balaban J connectivity index is 2.15. The van der Waals surface area contributed by atoms with Crippen LogP contribution in [0.2, 0.25) is 0 Å². The van der Waals surface area contributed by atoms with Crippen molar-refractivity contribution in [2.24, 2.45) is 17.3 Å². The Morgan fingerprint density at radius 2 is 2.00 bits per heavy atom. The highest BCUT2D eigenvalue weighted by atomic mass is 16.5. The molecule has 70 valence electrons. The van der Waals surface area contributed by atoms with Crippen LogP contribution in [-0.4, -0.2) is 12.7 Å². The minimum Gasteiger partial charge on any atom is -0.378 e. The van der Waals surface area contributed by atoms with Crippen LogP contribution in [-0.2, 0) is 4.74 Å². The first-order valence-electron chi connectivity index (χ1n) is 5.10. The maximum absolute atomic E-state index is 5.63. The summed E-state index contributed by atoms with van der Waals surface area (Å²) in [4.78, 5) is 0. The molecule has 12 heavy (non-hydrogen) atoms. The van der Waals surface area contributed by atoms with Crippen molar-refractivity contribution in [3.05, 3.63) is 0 Å². The van der Waals surface area contributed by atoms with Gasteiger partial charge in [-0.05, 0) is 43.4 Å². The number of methoxy groups -OCH3 is 1. The van der Waals surface area contributed by atoms with Crippen LogP contribution in [0.1, 0.15) is 40.0 Å². The third-order valence-corrected chi connectivity index (χ3v) is 4.56. The van der Waals surface area contributed by atoms with Crippen molar-refractivity contribution in [3.63, 3.8) is 0 Å². The van der Waals surface area contributed by atoms with Crippen LogP contribution in [0, 0.1) is 17.3 Å². The number of rotatable bonds is 2. The van der Waals surface area contributed by atoms with Crippen LogP contribution in [0.5, 0.6) is 0 Å². The van der Waals surface area contributed by atoms with E-state index in [4.69, 9.17) is 4.74 Å². The van der Waals surface area contributed by atoms with Crippen LogP contribution in [0.15, 0.2) is 0 Å². The van der Waals surface area contributed by atoms with Crippen LogP contribution < -0.4 is 0 Å². The molecular formula is C11H20O. The topological polar surface area (TPSA) is 9.23 Å². The molecule has 0 saturated heterocycles. The van der Waals surface area contributed by atoms with Gasteiger partial charge in [-0.25, -0.2) is 0 Å². The van der Waals surface area contributed by atoms with Gasteiger partial charge in [0.05, 0.1) is 5.60 Å². The molecule has 0 amide bonds. The van der Waals surface area contributed by atoms with E-state index in [-0.39, 0.29) is 5.60 Å². The Labute approximate surface area is 75.5 Å². The van der Waals surface area contributed by atoms with Gasteiger partial charge < -0.3 is 4.74 Å². The molecule has 0 aromatic carbocycles. The first-order chi connectivity index (χ1) is 5.55. The molecule has 0 radical (unpaired) electrons. The minimum absolute atomic E-state index is 0.213. The molecule has 0 unspecified atom stereocenters. The normalized spacial score (nSPS) is 51.2. The fraction of sp³-hybridized carbons (Fsp3) is 1.00. The quantitative estimate of drug-likeness (QED) is 0.616. The van der Waals surface area contributed by atoms with Gasteiger partial charge in [0, 0.05) is 7.11 Å². The molecule has 2 aliphatic carbocycles. The summed E-state index contributed by atoms with van der Waals surface area (Å²) in [7, 11) is 1.87. The Kier molecular flexibility index (Phi) is 1.61. The zero-order valence-corrected chi connectivity index (χ0v) is 8.68. The molecule has 0 spiro atoms.